The molecule has 0 unspecified atom stereocenters. The van der Waals surface area contributed by atoms with Gasteiger partial charge < -0.3 is 38.5 Å². The summed E-state index contributed by atoms with van der Waals surface area (Å²) in [5.74, 6) is -0.402. The summed E-state index contributed by atoms with van der Waals surface area (Å²) in [6, 6.07) is 13.6. The largest absolute Gasteiger partial charge is 0.491 e. The van der Waals surface area contributed by atoms with E-state index in [2.05, 4.69) is 10.1 Å². The third-order valence-corrected chi connectivity index (χ3v) is 9.58. The number of piperidine rings is 1. The molecule has 1 N–H and O–H groups in total. The summed E-state index contributed by atoms with van der Waals surface area (Å²) in [4.78, 5) is 35.4. The Morgan fingerprint density at radius 2 is 1.27 bits per heavy atom. The maximum atomic E-state index is 13.3. The van der Waals surface area contributed by atoms with Crippen LogP contribution in [0.3, 0.4) is 0 Å². The van der Waals surface area contributed by atoms with Crippen LogP contribution in [0.1, 0.15) is 61.9 Å². The van der Waals surface area contributed by atoms with Crippen molar-refractivity contribution in [2.45, 2.75) is 56.4 Å². The number of nitrogens with zero attached hydrogens (tertiary/aromatic N) is 1. The van der Waals surface area contributed by atoms with Gasteiger partial charge in [0.2, 0.25) is 10.0 Å². The van der Waals surface area contributed by atoms with Crippen molar-refractivity contribution in [3.63, 3.8) is 0 Å². The van der Waals surface area contributed by atoms with E-state index in [1.54, 1.807) is 20.8 Å². The van der Waals surface area contributed by atoms with E-state index < -0.39 is 27.5 Å². The lowest BCUT2D eigenvalue weighted by Gasteiger charge is -2.31. The van der Waals surface area contributed by atoms with Crippen molar-refractivity contribution in [2.24, 2.45) is 0 Å². The van der Waals surface area contributed by atoms with Crippen molar-refractivity contribution >= 4 is 27.9 Å². The van der Waals surface area contributed by atoms with Gasteiger partial charge in [0.15, 0.2) is 0 Å². The first-order chi connectivity index (χ1) is 24.4. The lowest BCUT2D eigenvalue weighted by Crippen LogP contribution is -2.38. The van der Waals surface area contributed by atoms with E-state index in [0.29, 0.717) is 85.4 Å². The highest BCUT2D eigenvalue weighted by molar-refractivity contribution is 7.89. The average molecular weight is 737 g/mol. The van der Waals surface area contributed by atoms with Crippen molar-refractivity contribution in [2.75, 3.05) is 86.2 Å². The second kappa shape index (κ2) is 21.7. The second-order valence-electron chi connectivity index (χ2n) is 12.7. The Bertz CT molecular complexity index is 1450. The van der Waals surface area contributed by atoms with E-state index in [1.165, 1.54) is 35.7 Å². The minimum Gasteiger partial charge on any atom is -0.491 e. The lowest BCUT2D eigenvalue weighted by atomic mass is 9.90. The minimum atomic E-state index is -3.73. The number of carbonyl (C=O) groups excluding carboxylic acids is 3. The van der Waals surface area contributed by atoms with Gasteiger partial charge in [0.25, 0.3) is 5.91 Å². The minimum absolute atomic E-state index is 0.112. The Morgan fingerprint density at radius 1 is 0.745 bits per heavy atom. The molecule has 0 aromatic heterocycles. The van der Waals surface area contributed by atoms with Crippen LogP contribution >= 0.6 is 0 Å². The summed E-state index contributed by atoms with van der Waals surface area (Å²) >= 11 is 0. The van der Waals surface area contributed by atoms with Gasteiger partial charge in [-0.05, 0) is 81.5 Å². The predicted octanol–water partition coefficient (Wildman–Crippen LogP) is 3.33. The summed E-state index contributed by atoms with van der Waals surface area (Å²) in [7, 11) is -2.38. The Labute approximate surface area is 301 Å². The predicted molar refractivity (Wildman–Crippen MR) is 187 cm³/mol. The van der Waals surface area contributed by atoms with Crippen molar-refractivity contribution in [3.8, 4) is 5.75 Å². The number of sulfonamides is 1. The fourth-order valence-corrected chi connectivity index (χ4v) is 6.53. The van der Waals surface area contributed by atoms with E-state index >= 15 is 0 Å². The molecule has 1 heterocycles. The molecule has 15 heteroatoms. The molecule has 2 aromatic rings. The Balaban J connectivity index is 1.27. The van der Waals surface area contributed by atoms with Crippen LogP contribution in [0, 0.1) is 0 Å². The molecule has 2 aromatic carbocycles. The van der Waals surface area contributed by atoms with Gasteiger partial charge in [-0.15, -0.1) is 0 Å². The van der Waals surface area contributed by atoms with E-state index in [9.17, 15) is 22.8 Å². The third kappa shape index (κ3) is 15.7. The summed E-state index contributed by atoms with van der Waals surface area (Å²) in [5.41, 5.74) is 0.715. The van der Waals surface area contributed by atoms with E-state index in [4.69, 9.17) is 28.4 Å². The van der Waals surface area contributed by atoms with E-state index in [-0.39, 0.29) is 35.3 Å². The number of methoxy groups -OCH3 is 1. The zero-order valence-electron chi connectivity index (χ0n) is 30.1. The molecule has 3 rings (SSSR count). The first-order valence-electron chi connectivity index (χ1n) is 17.1. The van der Waals surface area contributed by atoms with Gasteiger partial charge in [0, 0.05) is 18.7 Å². The molecule has 1 saturated heterocycles. The van der Waals surface area contributed by atoms with Crippen LogP contribution in [0.15, 0.2) is 53.4 Å². The molecular weight excluding hydrogens is 684 g/mol. The van der Waals surface area contributed by atoms with Crippen LogP contribution in [-0.4, -0.2) is 122 Å². The molecule has 1 aliphatic heterocycles. The smallest absolute Gasteiger partial charge is 0.325 e. The van der Waals surface area contributed by atoms with Gasteiger partial charge >= 0.3 is 11.9 Å². The van der Waals surface area contributed by atoms with E-state index in [1.807, 2.05) is 24.3 Å². The first-order valence-corrected chi connectivity index (χ1v) is 18.5. The monoisotopic (exact) mass is 736 g/mol. The van der Waals surface area contributed by atoms with Gasteiger partial charge in [-0.1, -0.05) is 12.1 Å². The first kappa shape index (κ1) is 41.8. The molecule has 0 radical (unpaired) electrons. The lowest BCUT2D eigenvalue weighted by molar-refractivity contribution is -0.153. The van der Waals surface area contributed by atoms with Crippen molar-refractivity contribution in [1.82, 2.24) is 9.62 Å². The number of hydrogen-bond donors (Lipinski definition) is 1. The zero-order valence-corrected chi connectivity index (χ0v) is 30.9. The number of nitrogens with one attached hydrogen (secondary N) is 1. The fourth-order valence-electron chi connectivity index (χ4n) is 5.06. The maximum Gasteiger partial charge on any atom is 0.325 e. The second-order valence-corrected chi connectivity index (χ2v) is 14.6. The standard InChI is InChI=1S/C36H52N2O12S/c1-36(2,3)50-34(40)27-37-35(41)30-7-11-32(12-8-30)51(42,43)38-16-13-29(14-17-38)28-5-9-31(10-6-28)49-26-25-48-24-23-47-22-21-46-20-19-45-18-15-33(39)44-4/h5-12,29H,13-27H2,1-4H3,(H,37,41). The Hall–Kier alpha value is -3.60. The molecule has 284 valence electrons. The maximum absolute atomic E-state index is 13.3. The molecule has 1 fully saturated rings. The van der Waals surface area contributed by atoms with Gasteiger partial charge in [0.1, 0.15) is 24.5 Å². The van der Waals surface area contributed by atoms with Gasteiger partial charge in [0.05, 0.1) is 71.3 Å². The zero-order chi connectivity index (χ0) is 37.1. The number of esters is 2. The molecule has 0 spiro atoms. The molecular formula is C36H52N2O12S. The fraction of sp³-hybridized carbons (Fsp3) is 0.583. The van der Waals surface area contributed by atoms with Gasteiger partial charge in [-0.2, -0.15) is 4.31 Å². The normalized spacial score (nSPS) is 14.2. The highest BCUT2D eigenvalue weighted by atomic mass is 32.2. The molecule has 14 nitrogen and oxygen atoms in total. The van der Waals surface area contributed by atoms with Crippen LogP contribution in [0.2, 0.25) is 0 Å². The summed E-state index contributed by atoms with van der Waals surface area (Å²) < 4.78 is 65.3. The van der Waals surface area contributed by atoms with Crippen LogP contribution < -0.4 is 10.1 Å². The number of amides is 1. The van der Waals surface area contributed by atoms with Crippen molar-refractivity contribution in [1.29, 1.82) is 0 Å². The average Bonchev–Trinajstić information content (AvgIpc) is 3.11. The SMILES string of the molecule is COC(=O)CCOCCOCCOCCOCCOc1ccc(C2CCN(S(=O)(=O)c3ccc(C(=O)NCC(=O)OC(C)(C)C)cc3)CC2)cc1. The summed E-state index contributed by atoms with van der Waals surface area (Å²) in [6.07, 6.45) is 1.59. The van der Waals surface area contributed by atoms with Gasteiger partial charge in [-0.3, -0.25) is 14.4 Å². The number of carbonyl (C=O) groups is 3. The molecule has 51 heavy (non-hydrogen) atoms. The number of ether oxygens (including phenoxy) is 7. The highest BCUT2D eigenvalue weighted by Gasteiger charge is 2.30. The Morgan fingerprint density at radius 3 is 1.80 bits per heavy atom. The molecule has 0 aliphatic carbocycles. The van der Waals surface area contributed by atoms with Crippen molar-refractivity contribution < 1.29 is 56.0 Å². The highest BCUT2D eigenvalue weighted by Crippen LogP contribution is 2.31. The molecule has 0 saturated carbocycles. The quantitative estimate of drug-likeness (QED) is 0.139. The number of rotatable bonds is 22. The number of benzene rings is 2. The number of hydrogen-bond acceptors (Lipinski definition) is 12. The van der Waals surface area contributed by atoms with Crippen LogP contribution in [-0.2, 0) is 48.0 Å². The molecule has 0 atom stereocenters. The summed E-state index contributed by atoms with van der Waals surface area (Å²) in [6.45, 7) is 9.40. The molecule has 1 amide bonds. The van der Waals surface area contributed by atoms with Crippen LogP contribution in [0.5, 0.6) is 5.75 Å². The van der Waals surface area contributed by atoms with E-state index in [0.717, 1.165) is 11.3 Å². The summed E-state index contributed by atoms with van der Waals surface area (Å²) in [5, 5.41) is 2.50. The van der Waals surface area contributed by atoms with Crippen molar-refractivity contribution in [3.05, 3.63) is 59.7 Å². The third-order valence-electron chi connectivity index (χ3n) is 7.66. The Kier molecular flexibility index (Phi) is 17.8. The van der Waals surface area contributed by atoms with Crippen LogP contribution in [0.25, 0.3) is 0 Å². The molecule has 1 aliphatic rings. The topological polar surface area (TPSA) is 165 Å². The molecule has 0 bridgehead atoms. The van der Waals surface area contributed by atoms with Gasteiger partial charge in [-0.25, -0.2) is 8.42 Å². The van der Waals surface area contributed by atoms with Crippen LogP contribution in [0.4, 0.5) is 0 Å².